The molecule has 0 bridgehead atoms. The monoisotopic (exact) mass is 238 g/mol. The molecule has 0 fully saturated rings. The molecule has 0 aliphatic rings. The number of hydrogen-bond acceptors (Lipinski definition) is 3. The first-order chi connectivity index (χ1) is 7.74. The molecule has 0 spiro atoms. The first-order valence-corrected chi connectivity index (χ1v) is 4.96. The van der Waals surface area contributed by atoms with Crippen molar-refractivity contribution in [1.82, 2.24) is 9.97 Å². The van der Waals surface area contributed by atoms with Crippen molar-refractivity contribution in [1.29, 1.82) is 0 Å². The number of benzene rings is 1. The summed E-state index contributed by atoms with van der Waals surface area (Å²) in [5, 5.41) is 0.634. The van der Waals surface area contributed by atoms with E-state index in [-0.39, 0.29) is 12.5 Å². The Morgan fingerprint density at radius 2 is 2.12 bits per heavy atom. The van der Waals surface area contributed by atoms with Crippen LogP contribution in [0.4, 0.5) is 4.39 Å². The van der Waals surface area contributed by atoms with Gasteiger partial charge in [-0.3, -0.25) is 0 Å². The third-order valence-corrected chi connectivity index (χ3v) is 2.12. The Morgan fingerprint density at radius 1 is 1.25 bits per heavy atom. The quantitative estimate of drug-likeness (QED) is 0.772. The van der Waals surface area contributed by atoms with Crippen LogP contribution in [-0.2, 0) is 6.61 Å². The lowest BCUT2D eigenvalue weighted by molar-refractivity contribution is 0.290. The summed E-state index contributed by atoms with van der Waals surface area (Å²) in [5.41, 5.74) is 0.895. The predicted molar refractivity (Wildman–Crippen MR) is 57.8 cm³/mol. The van der Waals surface area contributed by atoms with Crippen LogP contribution in [0.1, 0.15) is 5.56 Å². The predicted octanol–water partition coefficient (Wildman–Crippen LogP) is 2.85. The van der Waals surface area contributed by atoms with Gasteiger partial charge < -0.3 is 4.74 Å². The minimum atomic E-state index is -0.615. The molecule has 2 rings (SSSR count). The third kappa shape index (κ3) is 2.90. The van der Waals surface area contributed by atoms with Crippen LogP contribution in [0.25, 0.3) is 0 Å². The molecule has 0 aliphatic carbocycles. The van der Waals surface area contributed by atoms with E-state index < -0.39 is 5.95 Å². The average Bonchev–Trinajstić information content (AvgIpc) is 2.27. The molecule has 1 aromatic heterocycles. The Kier molecular flexibility index (Phi) is 3.31. The van der Waals surface area contributed by atoms with E-state index in [2.05, 4.69) is 9.97 Å². The molecule has 0 unspecified atom stereocenters. The minimum Gasteiger partial charge on any atom is -0.473 e. The van der Waals surface area contributed by atoms with Crippen molar-refractivity contribution in [3.05, 3.63) is 53.2 Å². The van der Waals surface area contributed by atoms with Crippen molar-refractivity contribution in [3.8, 4) is 5.88 Å². The lowest BCUT2D eigenvalue weighted by atomic mass is 10.2. The van der Waals surface area contributed by atoms with E-state index in [4.69, 9.17) is 16.3 Å². The van der Waals surface area contributed by atoms with E-state index in [0.29, 0.717) is 5.02 Å². The van der Waals surface area contributed by atoms with Crippen LogP contribution in [-0.4, -0.2) is 9.97 Å². The molecule has 2 aromatic rings. The first kappa shape index (κ1) is 10.8. The second-order valence-electron chi connectivity index (χ2n) is 3.10. The maximum absolute atomic E-state index is 12.7. The van der Waals surface area contributed by atoms with Gasteiger partial charge in [-0.05, 0) is 17.7 Å². The summed E-state index contributed by atoms with van der Waals surface area (Å²) < 4.78 is 18.0. The normalized spacial score (nSPS) is 10.1. The molecular formula is C11H8ClFN2O. The van der Waals surface area contributed by atoms with Crippen LogP contribution in [0.15, 0.2) is 36.7 Å². The van der Waals surface area contributed by atoms with Gasteiger partial charge in [0.15, 0.2) is 0 Å². The lowest BCUT2D eigenvalue weighted by Gasteiger charge is -2.04. The van der Waals surface area contributed by atoms with Crippen LogP contribution >= 0.6 is 11.6 Å². The number of ether oxygens (including phenoxy) is 1. The maximum Gasteiger partial charge on any atom is 0.219 e. The van der Waals surface area contributed by atoms with Crippen LogP contribution in [0, 0.1) is 5.95 Å². The van der Waals surface area contributed by atoms with Gasteiger partial charge in [0.2, 0.25) is 11.8 Å². The molecular weight excluding hydrogens is 231 g/mol. The van der Waals surface area contributed by atoms with Crippen molar-refractivity contribution < 1.29 is 9.13 Å². The van der Waals surface area contributed by atoms with E-state index in [1.54, 1.807) is 12.1 Å². The van der Waals surface area contributed by atoms with Gasteiger partial charge in [-0.2, -0.15) is 4.39 Å². The molecule has 1 heterocycles. The summed E-state index contributed by atoms with van der Waals surface area (Å²) in [4.78, 5) is 7.10. The fraction of sp³-hybridized carbons (Fsp3) is 0.0909. The minimum absolute atomic E-state index is 0.201. The van der Waals surface area contributed by atoms with Crippen LogP contribution in [0.3, 0.4) is 0 Å². The molecule has 16 heavy (non-hydrogen) atoms. The topological polar surface area (TPSA) is 35.0 Å². The molecule has 0 atom stereocenters. The highest BCUT2D eigenvalue weighted by molar-refractivity contribution is 6.30. The van der Waals surface area contributed by atoms with Crippen molar-refractivity contribution >= 4 is 11.6 Å². The second-order valence-corrected chi connectivity index (χ2v) is 3.53. The van der Waals surface area contributed by atoms with Gasteiger partial charge in [-0.1, -0.05) is 23.7 Å². The van der Waals surface area contributed by atoms with Crippen LogP contribution < -0.4 is 4.74 Å². The molecule has 0 saturated heterocycles. The lowest BCUT2D eigenvalue weighted by Crippen LogP contribution is -1.98. The van der Waals surface area contributed by atoms with E-state index in [1.807, 2.05) is 12.1 Å². The number of halogens is 2. The number of rotatable bonds is 3. The Bertz CT molecular complexity index is 447. The van der Waals surface area contributed by atoms with Crippen molar-refractivity contribution in [2.24, 2.45) is 0 Å². The summed E-state index contributed by atoms with van der Waals surface area (Å²) >= 11 is 5.81. The molecule has 0 amide bonds. The molecule has 1 aromatic carbocycles. The van der Waals surface area contributed by atoms with Gasteiger partial charge in [0.1, 0.15) is 12.9 Å². The SMILES string of the molecule is Fc1cc(OCc2cccc(Cl)c2)ncn1. The van der Waals surface area contributed by atoms with Crippen molar-refractivity contribution in [2.75, 3.05) is 0 Å². The van der Waals surface area contributed by atoms with E-state index >= 15 is 0 Å². The van der Waals surface area contributed by atoms with Gasteiger partial charge in [-0.15, -0.1) is 0 Å². The standard InChI is InChI=1S/C11H8ClFN2O/c12-9-3-1-2-8(4-9)6-16-11-5-10(13)14-7-15-11/h1-5,7H,6H2. The number of aromatic nitrogens is 2. The Hall–Kier alpha value is -1.68. The van der Waals surface area contributed by atoms with Gasteiger partial charge in [0, 0.05) is 5.02 Å². The molecule has 82 valence electrons. The molecule has 0 saturated carbocycles. The maximum atomic E-state index is 12.7. The molecule has 0 N–H and O–H groups in total. The van der Waals surface area contributed by atoms with Crippen LogP contribution in [0.5, 0.6) is 5.88 Å². The fourth-order valence-electron chi connectivity index (χ4n) is 1.18. The summed E-state index contributed by atoms with van der Waals surface area (Å²) in [5.74, 6) is -0.413. The van der Waals surface area contributed by atoms with Crippen molar-refractivity contribution in [2.45, 2.75) is 6.61 Å². The molecule has 0 radical (unpaired) electrons. The summed E-state index contributed by atoms with van der Waals surface area (Å²) in [6, 6.07) is 8.37. The zero-order valence-corrected chi connectivity index (χ0v) is 8.99. The first-order valence-electron chi connectivity index (χ1n) is 4.59. The zero-order valence-electron chi connectivity index (χ0n) is 8.23. The highest BCUT2D eigenvalue weighted by Gasteiger charge is 2.00. The van der Waals surface area contributed by atoms with Crippen molar-refractivity contribution in [3.63, 3.8) is 0 Å². The van der Waals surface area contributed by atoms with Gasteiger partial charge >= 0.3 is 0 Å². The third-order valence-electron chi connectivity index (χ3n) is 1.88. The summed E-state index contributed by atoms with van der Waals surface area (Å²) in [7, 11) is 0. The van der Waals surface area contributed by atoms with E-state index in [1.165, 1.54) is 0 Å². The molecule has 5 heteroatoms. The highest BCUT2D eigenvalue weighted by atomic mass is 35.5. The van der Waals surface area contributed by atoms with E-state index in [9.17, 15) is 4.39 Å². The van der Waals surface area contributed by atoms with Gasteiger partial charge in [-0.25, -0.2) is 9.97 Å². The Labute approximate surface area is 96.9 Å². The molecule has 3 nitrogen and oxygen atoms in total. The van der Waals surface area contributed by atoms with Gasteiger partial charge in [0.05, 0.1) is 6.07 Å². The van der Waals surface area contributed by atoms with Gasteiger partial charge in [0.25, 0.3) is 0 Å². The summed E-state index contributed by atoms with van der Waals surface area (Å²) in [6.45, 7) is 0.289. The average molecular weight is 239 g/mol. The highest BCUT2D eigenvalue weighted by Crippen LogP contribution is 2.13. The van der Waals surface area contributed by atoms with E-state index in [0.717, 1.165) is 18.0 Å². The Balaban J connectivity index is 2.02. The van der Waals surface area contributed by atoms with Crippen LogP contribution in [0.2, 0.25) is 5.02 Å². The fourth-order valence-corrected chi connectivity index (χ4v) is 1.39. The zero-order chi connectivity index (χ0) is 11.4. The second kappa shape index (κ2) is 4.90. The number of hydrogen-bond donors (Lipinski definition) is 0. The smallest absolute Gasteiger partial charge is 0.219 e. The molecule has 0 aliphatic heterocycles. The Morgan fingerprint density at radius 3 is 2.88 bits per heavy atom. The summed E-state index contributed by atoms with van der Waals surface area (Å²) in [6.07, 6.45) is 1.11. The number of nitrogens with zero attached hydrogens (tertiary/aromatic N) is 2. The largest absolute Gasteiger partial charge is 0.473 e.